The van der Waals surface area contributed by atoms with Crippen LogP contribution in [-0.4, -0.2) is 30.7 Å². The molecule has 0 aliphatic rings. The average molecular weight is 271 g/mol. The van der Waals surface area contributed by atoms with Crippen LogP contribution in [0.15, 0.2) is 48.5 Å². The summed E-state index contributed by atoms with van der Waals surface area (Å²) >= 11 is 0. The van der Waals surface area contributed by atoms with E-state index < -0.39 is 5.82 Å². The van der Waals surface area contributed by atoms with E-state index >= 15 is 0 Å². The summed E-state index contributed by atoms with van der Waals surface area (Å²) in [6, 6.07) is 11.9. The first-order chi connectivity index (χ1) is 9.50. The lowest BCUT2D eigenvalue weighted by Crippen LogP contribution is -2.24. The molecule has 102 valence electrons. The van der Waals surface area contributed by atoms with E-state index in [1.165, 1.54) is 29.2 Å². The van der Waals surface area contributed by atoms with E-state index in [0.29, 0.717) is 16.7 Å². The predicted molar refractivity (Wildman–Crippen MR) is 74.3 cm³/mol. The normalized spacial score (nSPS) is 10.2. The summed E-state index contributed by atoms with van der Waals surface area (Å²) in [7, 11) is 3.25. The number of halogens is 1. The number of amides is 1. The summed E-state index contributed by atoms with van der Waals surface area (Å²) in [5, 5.41) is 0. The third-order valence-electron chi connectivity index (χ3n) is 2.91. The standard InChI is InChI=1S/C16H14FNO2/c1-18(2)16(20)14-6-4-3-5-13(14)15(19)11-7-9-12(17)10-8-11/h3-10H,1-2H3. The monoisotopic (exact) mass is 271 g/mol. The molecule has 4 heteroatoms. The number of nitrogens with zero attached hydrogens (tertiary/aromatic N) is 1. The predicted octanol–water partition coefficient (Wildman–Crippen LogP) is 2.76. The van der Waals surface area contributed by atoms with Gasteiger partial charge in [-0.15, -0.1) is 0 Å². The van der Waals surface area contributed by atoms with Crippen LogP contribution < -0.4 is 0 Å². The maximum atomic E-state index is 12.9. The zero-order valence-corrected chi connectivity index (χ0v) is 11.3. The lowest BCUT2D eigenvalue weighted by molar-refractivity contribution is 0.0822. The van der Waals surface area contributed by atoms with Gasteiger partial charge in [0.05, 0.1) is 5.56 Å². The van der Waals surface area contributed by atoms with Gasteiger partial charge in [0.2, 0.25) is 0 Å². The molecule has 0 unspecified atom stereocenters. The van der Waals surface area contributed by atoms with Gasteiger partial charge in [-0.05, 0) is 30.3 Å². The van der Waals surface area contributed by atoms with E-state index in [2.05, 4.69) is 0 Å². The van der Waals surface area contributed by atoms with E-state index in [9.17, 15) is 14.0 Å². The number of carbonyl (C=O) groups excluding carboxylic acids is 2. The Bertz CT molecular complexity index is 648. The van der Waals surface area contributed by atoms with Crippen LogP contribution in [0, 0.1) is 5.82 Å². The number of hydrogen-bond donors (Lipinski definition) is 0. The van der Waals surface area contributed by atoms with Gasteiger partial charge in [0.1, 0.15) is 5.82 Å². The zero-order chi connectivity index (χ0) is 14.7. The van der Waals surface area contributed by atoms with Crippen LogP contribution in [0.25, 0.3) is 0 Å². The Morgan fingerprint density at radius 2 is 1.45 bits per heavy atom. The van der Waals surface area contributed by atoms with Crippen molar-refractivity contribution in [3.05, 3.63) is 71.0 Å². The summed E-state index contributed by atoms with van der Waals surface area (Å²) in [6.45, 7) is 0. The molecule has 0 atom stereocenters. The summed E-state index contributed by atoms with van der Waals surface area (Å²) < 4.78 is 12.9. The van der Waals surface area contributed by atoms with Gasteiger partial charge in [0, 0.05) is 25.2 Å². The molecular weight excluding hydrogens is 257 g/mol. The molecule has 0 spiro atoms. The highest BCUT2D eigenvalue weighted by atomic mass is 19.1. The Balaban J connectivity index is 2.45. The molecule has 0 saturated heterocycles. The second-order valence-electron chi connectivity index (χ2n) is 4.58. The highest BCUT2D eigenvalue weighted by Crippen LogP contribution is 2.16. The quantitative estimate of drug-likeness (QED) is 0.805. The van der Waals surface area contributed by atoms with Gasteiger partial charge in [0.15, 0.2) is 5.78 Å². The Labute approximate surface area is 116 Å². The number of ketones is 1. The molecule has 1 amide bonds. The summed E-state index contributed by atoms with van der Waals surface area (Å²) in [5.74, 6) is -0.939. The molecule has 0 aliphatic heterocycles. The van der Waals surface area contributed by atoms with E-state index in [1.807, 2.05) is 0 Å². The van der Waals surface area contributed by atoms with Gasteiger partial charge in [-0.25, -0.2) is 4.39 Å². The first-order valence-electron chi connectivity index (χ1n) is 6.11. The largest absolute Gasteiger partial charge is 0.345 e. The van der Waals surface area contributed by atoms with Gasteiger partial charge in [-0.2, -0.15) is 0 Å². The molecule has 3 nitrogen and oxygen atoms in total. The average Bonchev–Trinajstić information content (AvgIpc) is 2.46. The molecular formula is C16H14FNO2. The fourth-order valence-electron chi connectivity index (χ4n) is 1.87. The lowest BCUT2D eigenvalue weighted by Gasteiger charge is -2.13. The molecule has 0 N–H and O–H groups in total. The van der Waals surface area contributed by atoms with Gasteiger partial charge in [-0.1, -0.05) is 18.2 Å². The van der Waals surface area contributed by atoms with Crippen LogP contribution in [0.2, 0.25) is 0 Å². The molecule has 0 radical (unpaired) electrons. The molecule has 20 heavy (non-hydrogen) atoms. The fourth-order valence-corrected chi connectivity index (χ4v) is 1.87. The van der Waals surface area contributed by atoms with Crippen LogP contribution in [0.3, 0.4) is 0 Å². The van der Waals surface area contributed by atoms with Crippen molar-refractivity contribution in [3.63, 3.8) is 0 Å². The molecule has 0 saturated carbocycles. The fraction of sp³-hybridized carbons (Fsp3) is 0.125. The zero-order valence-electron chi connectivity index (χ0n) is 11.3. The number of hydrogen-bond acceptors (Lipinski definition) is 2. The highest BCUT2D eigenvalue weighted by molar-refractivity contribution is 6.15. The number of benzene rings is 2. The molecule has 0 aromatic heterocycles. The topological polar surface area (TPSA) is 37.4 Å². The van der Waals surface area contributed by atoms with Crippen molar-refractivity contribution in [1.82, 2.24) is 4.90 Å². The maximum Gasteiger partial charge on any atom is 0.254 e. The van der Waals surface area contributed by atoms with Crippen molar-refractivity contribution >= 4 is 11.7 Å². The van der Waals surface area contributed by atoms with Crippen molar-refractivity contribution in [1.29, 1.82) is 0 Å². The minimum atomic E-state index is -0.404. The Morgan fingerprint density at radius 3 is 2.00 bits per heavy atom. The second kappa shape index (κ2) is 5.65. The molecule has 2 rings (SSSR count). The van der Waals surface area contributed by atoms with E-state index in [-0.39, 0.29) is 11.7 Å². The van der Waals surface area contributed by atoms with Crippen LogP contribution in [0.5, 0.6) is 0 Å². The maximum absolute atomic E-state index is 12.9. The molecule has 0 heterocycles. The third-order valence-corrected chi connectivity index (χ3v) is 2.91. The van der Waals surface area contributed by atoms with Gasteiger partial charge in [-0.3, -0.25) is 9.59 Å². The van der Waals surface area contributed by atoms with Crippen LogP contribution in [0.4, 0.5) is 4.39 Å². The van der Waals surface area contributed by atoms with Crippen LogP contribution in [0.1, 0.15) is 26.3 Å². The van der Waals surface area contributed by atoms with Gasteiger partial charge in [0.25, 0.3) is 5.91 Å². The molecule has 2 aromatic carbocycles. The Morgan fingerprint density at radius 1 is 0.900 bits per heavy atom. The SMILES string of the molecule is CN(C)C(=O)c1ccccc1C(=O)c1ccc(F)cc1. The molecule has 0 fully saturated rings. The molecule has 0 bridgehead atoms. The van der Waals surface area contributed by atoms with Crippen LogP contribution in [-0.2, 0) is 0 Å². The minimum Gasteiger partial charge on any atom is -0.345 e. The van der Waals surface area contributed by atoms with Crippen molar-refractivity contribution in [2.75, 3.05) is 14.1 Å². The van der Waals surface area contributed by atoms with E-state index in [0.717, 1.165) is 0 Å². The van der Waals surface area contributed by atoms with Gasteiger partial charge < -0.3 is 4.90 Å². The molecule has 0 aliphatic carbocycles. The van der Waals surface area contributed by atoms with Crippen molar-refractivity contribution in [2.45, 2.75) is 0 Å². The first-order valence-corrected chi connectivity index (χ1v) is 6.11. The van der Waals surface area contributed by atoms with E-state index in [4.69, 9.17) is 0 Å². The minimum absolute atomic E-state index is 0.240. The Hall–Kier alpha value is -2.49. The summed E-state index contributed by atoms with van der Waals surface area (Å²) in [4.78, 5) is 25.9. The van der Waals surface area contributed by atoms with Crippen molar-refractivity contribution < 1.29 is 14.0 Å². The third kappa shape index (κ3) is 2.74. The van der Waals surface area contributed by atoms with Crippen molar-refractivity contribution in [3.8, 4) is 0 Å². The first kappa shape index (κ1) is 13.9. The van der Waals surface area contributed by atoms with Crippen LogP contribution >= 0.6 is 0 Å². The van der Waals surface area contributed by atoms with Gasteiger partial charge >= 0.3 is 0 Å². The number of carbonyl (C=O) groups is 2. The van der Waals surface area contributed by atoms with E-state index in [1.54, 1.807) is 38.4 Å². The summed E-state index contributed by atoms with van der Waals surface area (Å²) in [6.07, 6.45) is 0. The lowest BCUT2D eigenvalue weighted by atomic mass is 9.97. The second-order valence-corrected chi connectivity index (χ2v) is 4.58. The highest BCUT2D eigenvalue weighted by Gasteiger charge is 2.18. The summed E-state index contributed by atoms with van der Waals surface area (Å²) in [5.41, 5.74) is 1.01. The number of rotatable bonds is 3. The Kier molecular flexibility index (Phi) is 3.94. The van der Waals surface area contributed by atoms with Crippen molar-refractivity contribution in [2.24, 2.45) is 0 Å². The molecule has 2 aromatic rings. The smallest absolute Gasteiger partial charge is 0.254 e.